The van der Waals surface area contributed by atoms with Crippen LogP contribution in [0.3, 0.4) is 0 Å². The molecule has 1 unspecified atom stereocenters. The van der Waals surface area contributed by atoms with E-state index < -0.39 is 0 Å². The smallest absolute Gasteiger partial charge is 0.233 e. The Balaban J connectivity index is 2.18. The Morgan fingerprint density at radius 1 is 1.56 bits per heavy atom. The van der Waals surface area contributed by atoms with Crippen LogP contribution in [-0.2, 0) is 4.79 Å². The highest BCUT2D eigenvalue weighted by Crippen LogP contribution is 2.22. The molecule has 82 valence electrons. The lowest BCUT2D eigenvalue weighted by Gasteiger charge is -2.13. The highest BCUT2D eigenvalue weighted by molar-refractivity contribution is 5.95. The van der Waals surface area contributed by atoms with Crippen LogP contribution in [0.2, 0.25) is 0 Å². The molecular weight excluding hydrogens is 206 g/mol. The van der Waals surface area contributed by atoms with E-state index in [1.807, 2.05) is 0 Å². The molecule has 1 aliphatic heterocycles. The molecule has 0 radical (unpaired) electrons. The van der Waals surface area contributed by atoms with Gasteiger partial charge in [0.1, 0.15) is 0 Å². The number of carbonyl (C=O) groups excluding carboxylic acids is 1. The third kappa shape index (κ3) is 1.82. The number of amides is 1. The van der Waals surface area contributed by atoms with Gasteiger partial charge in [-0.3, -0.25) is 9.69 Å². The van der Waals surface area contributed by atoms with Gasteiger partial charge in [0.15, 0.2) is 5.82 Å². The molecule has 1 atom stereocenters. The zero-order valence-corrected chi connectivity index (χ0v) is 8.88. The third-order valence-corrected chi connectivity index (χ3v) is 2.47. The van der Waals surface area contributed by atoms with E-state index in [2.05, 4.69) is 16.1 Å². The summed E-state index contributed by atoms with van der Waals surface area (Å²) in [6.07, 6.45) is 5.68. The van der Waals surface area contributed by atoms with Crippen molar-refractivity contribution >= 4 is 11.7 Å². The average molecular weight is 217 g/mol. The molecule has 1 fully saturated rings. The Bertz CT molecular complexity index is 436. The number of nitrogens with zero attached hydrogens (tertiary/aromatic N) is 3. The van der Waals surface area contributed by atoms with Gasteiger partial charge in [-0.25, -0.2) is 0 Å². The minimum absolute atomic E-state index is 0.0117. The van der Waals surface area contributed by atoms with Crippen molar-refractivity contribution in [2.24, 2.45) is 5.92 Å². The molecular formula is C11H11N3O2. The number of rotatable bonds is 2. The molecule has 1 saturated heterocycles. The first-order chi connectivity index (χ1) is 7.74. The summed E-state index contributed by atoms with van der Waals surface area (Å²) in [5, 5.41) is 7.72. The van der Waals surface area contributed by atoms with Gasteiger partial charge in [0.25, 0.3) is 0 Å². The Morgan fingerprint density at radius 3 is 2.88 bits per heavy atom. The van der Waals surface area contributed by atoms with E-state index in [0.717, 1.165) is 0 Å². The molecule has 16 heavy (non-hydrogen) atoms. The fraction of sp³-hybridized carbons (Fsp3) is 0.364. The number of terminal acetylenes is 1. The summed E-state index contributed by atoms with van der Waals surface area (Å²) in [6.45, 7) is 0.510. The van der Waals surface area contributed by atoms with Crippen LogP contribution < -0.4 is 9.64 Å². The topological polar surface area (TPSA) is 55.3 Å². The Morgan fingerprint density at radius 2 is 2.38 bits per heavy atom. The quantitative estimate of drug-likeness (QED) is 0.676. The molecule has 5 heteroatoms. The normalized spacial score (nSPS) is 19.6. The molecule has 1 aromatic heterocycles. The van der Waals surface area contributed by atoms with E-state index in [1.165, 1.54) is 7.11 Å². The van der Waals surface area contributed by atoms with Gasteiger partial charge < -0.3 is 4.74 Å². The molecule has 1 aromatic rings. The van der Waals surface area contributed by atoms with Crippen molar-refractivity contribution in [2.75, 3.05) is 18.6 Å². The summed E-state index contributed by atoms with van der Waals surface area (Å²) in [5.74, 6) is 3.48. The van der Waals surface area contributed by atoms with Crippen LogP contribution in [0.25, 0.3) is 0 Å². The maximum atomic E-state index is 11.6. The molecule has 2 heterocycles. The number of hydrogen-bond donors (Lipinski definition) is 0. The monoisotopic (exact) mass is 217 g/mol. The van der Waals surface area contributed by atoms with E-state index >= 15 is 0 Å². The number of aromatic nitrogens is 2. The largest absolute Gasteiger partial charge is 0.480 e. The molecule has 0 aliphatic carbocycles. The highest BCUT2D eigenvalue weighted by atomic mass is 16.5. The zero-order valence-electron chi connectivity index (χ0n) is 8.88. The van der Waals surface area contributed by atoms with E-state index in [-0.39, 0.29) is 11.8 Å². The van der Waals surface area contributed by atoms with Crippen LogP contribution in [0.4, 0.5) is 5.82 Å². The number of carbonyl (C=O) groups is 1. The van der Waals surface area contributed by atoms with E-state index in [4.69, 9.17) is 11.2 Å². The van der Waals surface area contributed by atoms with Crippen LogP contribution in [-0.4, -0.2) is 29.8 Å². The fourth-order valence-electron chi connectivity index (χ4n) is 1.61. The maximum Gasteiger partial charge on any atom is 0.233 e. The molecule has 0 aromatic carbocycles. The van der Waals surface area contributed by atoms with Crippen LogP contribution in [0.1, 0.15) is 6.42 Å². The molecule has 1 amide bonds. The SMILES string of the molecule is C#CC1CC(=O)N(c2ccc(OC)nn2)C1. The van der Waals surface area contributed by atoms with Crippen molar-refractivity contribution in [3.63, 3.8) is 0 Å². The summed E-state index contributed by atoms with van der Waals surface area (Å²) < 4.78 is 4.89. The molecule has 0 spiro atoms. The second-order valence-corrected chi connectivity index (χ2v) is 3.51. The van der Waals surface area contributed by atoms with Gasteiger partial charge in [-0.05, 0) is 6.07 Å². The van der Waals surface area contributed by atoms with Crippen LogP contribution in [0.15, 0.2) is 12.1 Å². The van der Waals surface area contributed by atoms with Gasteiger partial charge in [0.2, 0.25) is 11.8 Å². The number of methoxy groups -OCH3 is 1. The second kappa shape index (κ2) is 4.19. The van der Waals surface area contributed by atoms with Gasteiger partial charge in [-0.15, -0.1) is 22.5 Å². The Kier molecular flexibility index (Phi) is 2.73. The number of anilines is 1. The van der Waals surface area contributed by atoms with E-state index in [1.54, 1.807) is 17.0 Å². The molecule has 2 rings (SSSR count). The second-order valence-electron chi connectivity index (χ2n) is 3.51. The average Bonchev–Trinajstić information content (AvgIpc) is 2.71. The minimum Gasteiger partial charge on any atom is -0.480 e. The van der Waals surface area contributed by atoms with Gasteiger partial charge in [0.05, 0.1) is 7.11 Å². The summed E-state index contributed by atoms with van der Waals surface area (Å²) >= 11 is 0. The Labute approximate surface area is 93.4 Å². The number of hydrogen-bond acceptors (Lipinski definition) is 4. The lowest BCUT2D eigenvalue weighted by atomic mass is 10.1. The van der Waals surface area contributed by atoms with Crippen LogP contribution in [0, 0.1) is 18.3 Å². The van der Waals surface area contributed by atoms with Crippen molar-refractivity contribution in [3.8, 4) is 18.2 Å². The van der Waals surface area contributed by atoms with Crippen molar-refractivity contribution in [1.82, 2.24) is 10.2 Å². The first-order valence-corrected chi connectivity index (χ1v) is 4.89. The summed E-state index contributed by atoms with van der Waals surface area (Å²) in [5.41, 5.74) is 0. The van der Waals surface area contributed by atoms with Gasteiger partial charge in [0, 0.05) is 24.9 Å². The van der Waals surface area contributed by atoms with Gasteiger partial charge in [-0.2, -0.15) is 0 Å². The summed E-state index contributed by atoms with van der Waals surface area (Å²) in [4.78, 5) is 13.2. The summed E-state index contributed by atoms with van der Waals surface area (Å²) in [6, 6.07) is 3.36. The number of ether oxygens (including phenoxy) is 1. The molecule has 0 N–H and O–H groups in total. The first kappa shape index (κ1) is 10.4. The molecule has 1 aliphatic rings. The minimum atomic E-state index is -0.0311. The maximum absolute atomic E-state index is 11.6. The predicted octanol–water partition coefficient (Wildman–Crippen LogP) is 0.471. The predicted molar refractivity (Wildman–Crippen MR) is 57.9 cm³/mol. The van der Waals surface area contributed by atoms with Crippen LogP contribution in [0.5, 0.6) is 5.88 Å². The standard InChI is InChI=1S/C11H11N3O2/c1-3-8-6-11(15)14(7-8)9-4-5-10(16-2)13-12-9/h1,4-5,8H,6-7H2,2H3. The van der Waals surface area contributed by atoms with Crippen molar-refractivity contribution in [1.29, 1.82) is 0 Å². The lowest BCUT2D eigenvalue weighted by Crippen LogP contribution is -2.25. The van der Waals surface area contributed by atoms with Gasteiger partial charge >= 0.3 is 0 Å². The molecule has 5 nitrogen and oxygen atoms in total. The molecule has 0 saturated carbocycles. The molecule has 0 bridgehead atoms. The van der Waals surface area contributed by atoms with Crippen molar-refractivity contribution in [2.45, 2.75) is 6.42 Å². The van der Waals surface area contributed by atoms with E-state index in [9.17, 15) is 4.79 Å². The van der Waals surface area contributed by atoms with Crippen LogP contribution >= 0.6 is 0 Å². The highest BCUT2D eigenvalue weighted by Gasteiger charge is 2.30. The first-order valence-electron chi connectivity index (χ1n) is 4.89. The lowest BCUT2D eigenvalue weighted by molar-refractivity contribution is -0.117. The van der Waals surface area contributed by atoms with Crippen molar-refractivity contribution in [3.05, 3.63) is 12.1 Å². The van der Waals surface area contributed by atoms with Gasteiger partial charge in [-0.1, -0.05) is 0 Å². The zero-order chi connectivity index (χ0) is 11.5. The van der Waals surface area contributed by atoms with E-state index in [0.29, 0.717) is 24.7 Å². The summed E-state index contributed by atoms with van der Waals surface area (Å²) in [7, 11) is 1.51. The Hall–Kier alpha value is -2.09. The fourth-order valence-corrected chi connectivity index (χ4v) is 1.61. The van der Waals surface area contributed by atoms with Crippen molar-refractivity contribution < 1.29 is 9.53 Å². The third-order valence-electron chi connectivity index (χ3n) is 2.47.